The lowest BCUT2D eigenvalue weighted by Crippen LogP contribution is -2.66. The number of para-hydroxylation sites is 2. The number of hydrogen-bond acceptors (Lipinski definition) is 4. The molecule has 0 saturated carbocycles. The van der Waals surface area contributed by atoms with Crippen molar-refractivity contribution in [3.63, 3.8) is 0 Å². The minimum Gasteiger partial charge on any atom is -0.364 e. The van der Waals surface area contributed by atoms with E-state index in [9.17, 15) is 9.59 Å². The lowest BCUT2D eigenvalue weighted by molar-refractivity contribution is -0.160. The first-order valence-electron chi connectivity index (χ1n) is 13.7. The van der Waals surface area contributed by atoms with Crippen molar-refractivity contribution in [1.29, 1.82) is 0 Å². The Morgan fingerprint density at radius 2 is 1.11 bits per heavy atom. The smallest absolute Gasteiger partial charge is 0.247 e. The predicted molar refractivity (Wildman–Crippen MR) is 150 cm³/mol. The third kappa shape index (κ3) is 2.37. The quantitative estimate of drug-likeness (QED) is 0.570. The Morgan fingerprint density at radius 3 is 1.47 bits per heavy atom. The lowest BCUT2D eigenvalue weighted by atomic mass is 9.60. The standard InChI is InChI=1S/C32H36N4O2/c1-7-29(3,4)31-17-23-25(37)36-24(26(38)35(23)27(31)33-21-15-11-9-13-19(21)31)18-32(30(5,6)8-2)20-14-10-12-16-22(20)34-28(32)36/h7-16,23-24,27-28,33-34H,1-2,17-18H2,3-6H3/t23-,24-,27-,28+,31+,32+/m0/s1. The van der Waals surface area contributed by atoms with Gasteiger partial charge in [0.25, 0.3) is 0 Å². The van der Waals surface area contributed by atoms with E-state index in [4.69, 9.17) is 0 Å². The molecule has 0 spiro atoms. The minimum absolute atomic E-state index is 0.0366. The van der Waals surface area contributed by atoms with E-state index in [1.807, 2.05) is 46.2 Å². The van der Waals surface area contributed by atoms with Crippen LogP contribution in [0.4, 0.5) is 11.4 Å². The first-order chi connectivity index (χ1) is 18.1. The summed E-state index contributed by atoms with van der Waals surface area (Å²) in [6, 6.07) is 15.5. The van der Waals surface area contributed by atoms with Gasteiger partial charge in [-0.25, -0.2) is 0 Å². The second-order valence-corrected chi connectivity index (χ2v) is 12.9. The summed E-state index contributed by atoms with van der Waals surface area (Å²) in [4.78, 5) is 33.0. The van der Waals surface area contributed by atoms with Crippen molar-refractivity contribution >= 4 is 23.2 Å². The molecule has 3 fully saturated rings. The van der Waals surface area contributed by atoms with E-state index in [0.29, 0.717) is 12.8 Å². The van der Waals surface area contributed by atoms with Crippen LogP contribution in [0.5, 0.6) is 0 Å². The van der Waals surface area contributed by atoms with Crippen molar-refractivity contribution in [2.75, 3.05) is 10.6 Å². The molecule has 2 N–H and O–H groups in total. The molecule has 0 radical (unpaired) electrons. The molecule has 6 nitrogen and oxygen atoms in total. The molecule has 0 unspecified atom stereocenters. The number of carbonyl (C=O) groups excluding carboxylic acids is 2. The molecule has 2 aromatic carbocycles. The Balaban J connectivity index is 1.38. The van der Waals surface area contributed by atoms with E-state index in [1.54, 1.807) is 0 Å². The number of fused-ring (bicyclic) bond motifs is 10. The van der Waals surface area contributed by atoms with E-state index >= 15 is 0 Å². The van der Waals surface area contributed by atoms with Gasteiger partial charge in [-0.1, -0.05) is 76.2 Å². The summed E-state index contributed by atoms with van der Waals surface area (Å²) < 4.78 is 0. The summed E-state index contributed by atoms with van der Waals surface area (Å²) in [6.45, 7) is 17.1. The van der Waals surface area contributed by atoms with Crippen molar-refractivity contribution in [3.05, 3.63) is 85.0 Å². The fourth-order valence-electron chi connectivity index (χ4n) is 8.66. The van der Waals surface area contributed by atoms with Crippen LogP contribution in [0.2, 0.25) is 0 Å². The Bertz CT molecular complexity index is 1320. The van der Waals surface area contributed by atoms with Crippen LogP contribution in [0.3, 0.4) is 0 Å². The van der Waals surface area contributed by atoms with Gasteiger partial charge in [0, 0.05) is 22.2 Å². The van der Waals surface area contributed by atoms with Crippen LogP contribution < -0.4 is 10.6 Å². The van der Waals surface area contributed by atoms with Gasteiger partial charge < -0.3 is 20.4 Å². The van der Waals surface area contributed by atoms with Gasteiger partial charge in [0.05, 0.1) is 0 Å². The van der Waals surface area contributed by atoms with Gasteiger partial charge in [-0.2, -0.15) is 0 Å². The maximum absolute atomic E-state index is 14.6. The zero-order valence-corrected chi connectivity index (χ0v) is 22.6. The topological polar surface area (TPSA) is 64.7 Å². The van der Waals surface area contributed by atoms with Crippen LogP contribution in [0.25, 0.3) is 0 Å². The predicted octanol–water partition coefficient (Wildman–Crippen LogP) is 5.01. The molecule has 2 amide bonds. The van der Waals surface area contributed by atoms with Gasteiger partial charge in [0.2, 0.25) is 11.8 Å². The molecule has 5 heterocycles. The Hall–Kier alpha value is -3.54. The van der Waals surface area contributed by atoms with Crippen molar-refractivity contribution in [2.24, 2.45) is 10.8 Å². The van der Waals surface area contributed by atoms with Gasteiger partial charge in [-0.15, -0.1) is 13.2 Å². The largest absolute Gasteiger partial charge is 0.364 e. The van der Waals surface area contributed by atoms with Gasteiger partial charge in [-0.3, -0.25) is 9.59 Å². The number of benzene rings is 2. The summed E-state index contributed by atoms with van der Waals surface area (Å²) in [5, 5.41) is 7.36. The number of allylic oxidation sites excluding steroid dienone is 2. The normalized spacial score (nSPS) is 34.4. The van der Waals surface area contributed by atoms with E-state index in [-0.39, 0.29) is 35.0 Å². The number of nitrogens with one attached hydrogen (secondary N) is 2. The number of piperazine rings is 1. The lowest BCUT2D eigenvalue weighted by Gasteiger charge is -2.45. The van der Waals surface area contributed by atoms with E-state index in [1.165, 1.54) is 11.1 Å². The molecule has 0 bridgehead atoms. The summed E-state index contributed by atoms with van der Waals surface area (Å²) in [5.41, 5.74) is 2.80. The van der Waals surface area contributed by atoms with Gasteiger partial charge in [-0.05, 0) is 46.9 Å². The number of nitrogens with zero attached hydrogens (tertiary/aromatic N) is 2. The summed E-state index contributed by atoms with van der Waals surface area (Å²) in [6.07, 6.45) is 4.50. The zero-order valence-electron chi connectivity index (χ0n) is 22.6. The molecule has 196 valence electrons. The second kappa shape index (κ2) is 7.10. The van der Waals surface area contributed by atoms with Gasteiger partial charge in [0.1, 0.15) is 24.4 Å². The van der Waals surface area contributed by atoms with Crippen molar-refractivity contribution in [1.82, 2.24) is 9.80 Å². The van der Waals surface area contributed by atoms with Gasteiger partial charge in [0.15, 0.2) is 0 Å². The van der Waals surface area contributed by atoms with Crippen LogP contribution >= 0.6 is 0 Å². The summed E-state index contributed by atoms with van der Waals surface area (Å²) in [5.74, 6) is 0.0733. The first kappa shape index (κ1) is 23.6. The third-order valence-electron chi connectivity index (χ3n) is 11.0. The van der Waals surface area contributed by atoms with E-state index < -0.39 is 22.9 Å². The number of carbonyl (C=O) groups is 2. The average Bonchev–Trinajstić information content (AvgIpc) is 3.62. The maximum Gasteiger partial charge on any atom is 0.247 e. The number of hydrogen-bond donors (Lipinski definition) is 2. The Morgan fingerprint density at radius 1 is 0.737 bits per heavy atom. The monoisotopic (exact) mass is 508 g/mol. The average molecular weight is 509 g/mol. The molecule has 0 aliphatic carbocycles. The van der Waals surface area contributed by atoms with E-state index in [2.05, 4.69) is 75.8 Å². The number of rotatable bonds is 4. The van der Waals surface area contributed by atoms with Gasteiger partial charge >= 0.3 is 0 Å². The molecule has 5 aliphatic rings. The minimum atomic E-state index is -0.531. The third-order valence-corrected chi connectivity index (χ3v) is 11.0. The number of anilines is 2. The highest BCUT2D eigenvalue weighted by molar-refractivity contribution is 6.00. The van der Waals surface area contributed by atoms with Crippen molar-refractivity contribution in [2.45, 2.75) is 75.8 Å². The van der Waals surface area contributed by atoms with Crippen LogP contribution in [0.15, 0.2) is 73.8 Å². The molecule has 7 rings (SSSR count). The zero-order chi connectivity index (χ0) is 26.8. The summed E-state index contributed by atoms with van der Waals surface area (Å²) >= 11 is 0. The second-order valence-electron chi connectivity index (χ2n) is 12.9. The Kier molecular flexibility index (Phi) is 4.40. The van der Waals surface area contributed by atoms with E-state index in [0.717, 1.165) is 11.4 Å². The SMILES string of the molecule is C=CC(C)(C)[C@@]12C[C@H]3C(=O)N4[C@@H](C[C@@]5(C(C)(C)C=C)c6ccccc6N[C@@H]45)C(=O)N3[C@H]1Nc1ccccc12. The maximum atomic E-state index is 14.6. The molecular formula is C32H36N4O2. The highest BCUT2D eigenvalue weighted by Crippen LogP contribution is 2.64. The molecule has 3 saturated heterocycles. The molecular weight excluding hydrogens is 472 g/mol. The van der Waals surface area contributed by atoms with Crippen molar-refractivity contribution in [3.8, 4) is 0 Å². The fourth-order valence-corrected chi connectivity index (χ4v) is 8.66. The molecule has 0 aromatic heterocycles. The Labute approximate surface area is 224 Å². The fraction of sp³-hybridized carbons (Fsp3) is 0.438. The number of amides is 2. The molecule has 2 aromatic rings. The molecule has 38 heavy (non-hydrogen) atoms. The summed E-state index contributed by atoms with van der Waals surface area (Å²) in [7, 11) is 0. The van der Waals surface area contributed by atoms with Crippen LogP contribution in [0, 0.1) is 10.8 Å². The van der Waals surface area contributed by atoms with Crippen LogP contribution in [0.1, 0.15) is 51.7 Å². The van der Waals surface area contributed by atoms with Crippen LogP contribution in [-0.4, -0.2) is 46.0 Å². The molecule has 6 heteroatoms. The molecule has 5 aliphatic heterocycles. The van der Waals surface area contributed by atoms with Crippen molar-refractivity contribution < 1.29 is 9.59 Å². The first-order valence-corrected chi connectivity index (χ1v) is 13.7. The highest BCUT2D eigenvalue weighted by atomic mass is 16.2. The highest BCUT2D eigenvalue weighted by Gasteiger charge is 2.73. The molecule has 6 atom stereocenters. The van der Waals surface area contributed by atoms with Crippen LogP contribution in [-0.2, 0) is 20.4 Å².